The van der Waals surface area contributed by atoms with Crippen molar-refractivity contribution in [3.63, 3.8) is 0 Å². The van der Waals surface area contributed by atoms with Crippen LogP contribution >= 0.6 is 0 Å². The highest BCUT2D eigenvalue weighted by Gasteiger charge is 2.14. The van der Waals surface area contributed by atoms with Gasteiger partial charge in [0.15, 0.2) is 0 Å². The maximum atomic E-state index is 9.60. The van der Waals surface area contributed by atoms with Gasteiger partial charge in [-0.15, -0.1) is 0 Å². The predicted octanol–water partition coefficient (Wildman–Crippen LogP) is -1.85. The molecular formula is C8H20N2O3. The lowest BCUT2D eigenvalue weighted by molar-refractivity contribution is -0.0274. The molecule has 0 heterocycles. The molecule has 0 bridgehead atoms. The summed E-state index contributed by atoms with van der Waals surface area (Å²) in [5.74, 6) is 0. The number of likely N-dealkylation sites (N-methyl/N-ethyl adjacent to an activating group) is 1. The van der Waals surface area contributed by atoms with Crippen molar-refractivity contribution < 1.29 is 15.3 Å². The second-order valence-electron chi connectivity index (χ2n) is 3.23. The molecule has 1 atom stereocenters. The van der Waals surface area contributed by atoms with Gasteiger partial charge in [-0.1, -0.05) is 0 Å². The Hall–Kier alpha value is -0.200. The Morgan fingerprint density at radius 3 is 1.85 bits per heavy atom. The molecule has 0 rings (SSSR count). The standard InChI is InChI=1S/C8H20N2O3/c1-9(2)7-8(13)10(3-5-11)4-6-12/h8,11-13H,3-7H2,1-2H3. The molecule has 0 saturated carbocycles. The number of aliphatic hydroxyl groups is 3. The zero-order valence-corrected chi connectivity index (χ0v) is 8.35. The Balaban J connectivity index is 3.86. The summed E-state index contributed by atoms with van der Waals surface area (Å²) in [6, 6.07) is 0. The van der Waals surface area contributed by atoms with Crippen LogP contribution in [0.2, 0.25) is 0 Å². The van der Waals surface area contributed by atoms with Gasteiger partial charge in [0.2, 0.25) is 0 Å². The fourth-order valence-corrected chi connectivity index (χ4v) is 1.11. The fraction of sp³-hybridized carbons (Fsp3) is 1.00. The number of hydrogen-bond acceptors (Lipinski definition) is 5. The fourth-order valence-electron chi connectivity index (χ4n) is 1.11. The lowest BCUT2D eigenvalue weighted by Gasteiger charge is -2.28. The van der Waals surface area contributed by atoms with E-state index in [2.05, 4.69) is 0 Å². The molecule has 0 aromatic heterocycles. The molecule has 1 unspecified atom stereocenters. The van der Waals surface area contributed by atoms with E-state index in [9.17, 15) is 5.11 Å². The Morgan fingerprint density at radius 2 is 1.54 bits per heavy atom. The minimum atomic E-state index is -0.630. The van der Waals surface area contributed by atoms with Gasteiger partial charge in [-0.3, -0.25) is 4.90 Å². The van der Waals surface area contributed by atoms with Crippen molar-refractivity contribution in [1.82, 2.24) is 9.80 Å². The smallest absolute Gasteiger partial charge is 0.120 e. The highest BCUT2D eigenvalue weighted by atomic mass is 16.3. The van der Waals surface area contributed by atoms with Gasteiger partial charge in [0.25, 0.3) is 0 Å². The van der Waals surface area contributed by atoms with Gasteiger partial charge in [0.05, 0.1) is 13.2 Å². The van der Waals surface area contributed by atoms with E-state index in [4.69, 9.17) is 10.2 Å². The Bertz CT molecular complexity index is 116. The van der Waals surface area contributed by atoms with Crippen LogP contribution in [0.4, 0.5) is 0 Å². The van der Waals surface area contributed by atoms with E-state index in [0.29, 0.717) is 19.6 Å². The number of nitrogens with zero attached hydrogens (tertiary/aromatic N) is 2. The molecule has 5 nitrogen and oxygen atoms in total. The summed E-state index contributed by atoms with van der Waals surface area (Å²) in [5.41, 5.74) is 0. The van der Waals surface area contributed by atoms with Crippen LogP contribution in [0, 0.1) is 0 Å². The molecule has 13 heavy (non-hydrogen) atoms. The first-order chi connectivity index (χ1) is 6.11. The third-order valence-electron chi connectivity index (χ3n) is 1.72. The summed E-state index contributed by atoms with van der Waals surface area (Å²) < 4.78 is 0. The van der Waals surface area contributed by atoms with Crippen molar-refractivity contribution in [1.29, 1.82) is 0 Å². The lowest BCUT2D eigenvalue weighted by atomic mass is 10.4. The molecule has 0 saturated heterocycles. The summed E-state index contributed by atoms with van der Waals surface area (Å²) in [6.07, 6.45) is -0.630. The van der Waals surface area contributed by atoms with Crippen LogP contribution in [0.3, 0.4) is 0 Å². The Labute approximate surface area is 79.2 Å². The minimum Gasteiger partial charge on any atom is -0.395 e. The molecule has 0 aliphatic carbocycles. The maximum absolute atomic E-state index is 9.60. The van der Waals surface area contributed by atoms with E-state index in [1.54, 1.807) is 4.90 Å². The monoisotopic (exact) mass is 192 g/mol. The quantitative estimate of drug-likeness (QED) is 0.413. The molecule has 0 radical (unpaired) electrons. The van der Waals surface area contributed by atoms with Crippen LogP contribution in [0.1, 0.15) is 0 Å². The van der Waals surface area contributed by atoms with Crippen LogP contribution in [0.5, 0.6) is 0 Å². The highest BCUT2D eigenvalue weighted by molar-refractivity contribution is 4.63. The molecule has 0 fully saturated rings. The molecule has 5 heteroatoms. The third-order valence-corrected chi connectivity index (χ3v) is 1.72. The van der Waals surface area contributed by atoms with E-state index in [-0.39, 0.29) is 13.2 Å². The van der Waals surface area contributed by atoms with E-state index in [1.807, 2.05) is 19.0 Å². The van der Waals surface area contributed by atoms with Gasteiger partial charge in [-0.25, -0.2) is 0 Å². The highest BCUT2D eigenvalue weighted by Crippen LogP contribution is 1.96. The normalized spacial score (nSPS) is 14.1. The van der Waals surface area contributed by atoms with E-state index in [1.165, 1.54) is 0 Å². The summed E-state index contributed by atoms with van der Waals surface area (Å²) in [7, 11) is 3.72. The van der Waals surface area contributed by atoms with Gasteiger partial charge in [-0.05, 0) is 14.1 Å². The van der Waals surface area contributed by atoms with Gasteiger partial charge < -0.3 is 20.2 Å². The molecule has 80 valence electrons. The molecule has 3 N–H and O–H groups in total. The van der Waals surface area contributed by atoms with Crippen molar-refractivity contribution in [2.75, 3.05) is 46.9 Å². The molecule has 0 aliphatic heterocycles. The second kappa shape index (κ2) is 7.23. The number of aliphatic hydroxyl groups excluding tert-OH is 3. The molecule has 0 aromatic rings. The van der Waals surface area contributed by atoms with E-state index >= 15 is 0 Å². The van der Waals surface area contributed by atoms with Crippen LogP contribution < -0.4 is 0 Å². The first kappa shape index (κ1) is 12.8. The number of hydrogen-bond donors (Lipinski definition) is 3. The molecule has 0 aliphatic rings. The second-order valence-corrected chi connectivity index (χ2v) is 3.23. The SMILES string of the molecule is CN(C)CC(O)N(CCO)CCO. The maximum Gasteiger partial charge on any atom is 0.120 e. The molecule has 0 aromatic carbocycles. The zero-order chi connectivity index (χ0) is 10.3. The van der Waals surface area contributed by atoms with E-state index in [0.717, 1.165) is 0 Å². The number of rotatable bonds is 7. The van der Waals surface area contributed by atoms with Gasteiger partial charge in [0.1, 0.15) is 6.23 Å². The van der Waals surface area contributed by atoms with Gasteiger partial charge >= 0.3 is 0 Å². The summed E-state index contributed by atoms with van der Waals surface area (Å²) in [6.45, 7) is 1.25. The van der Waals surface area contributed by atoms with Crippen molar-refractivity contribution in [2.24, 2.45) is 0 Å². The largest absolute Gasteiger partial charge is 0.395 e. The van der Waals surface area contributed by atoms with Crippen LogP contribution in [0.25, 0.3) is 0 Å². The van der Waals surface area contributed by atoms with Crippen LogP contribution in [-0.2, 0) is 0 Å². The summed E-state index contributed by atoms with van der Waals surface area (Å²) in [5, 5.41) is 27.0. The first-order valence-corrected chi connectivity index (χ1v) is 4.40. The van der Waals surface area contributed by atoms with Crippen LogP contribution in [0.15, 0.2) is 0 Å². The average Bonchev–Trinajstić information content (AvgIpc) is 2.02. The molecular weight excluding hydrogens is 172 g/mol. The van der Waals surface area contributed by atoms with Crippen molar-refractivity contribution in [3.8, 4) is 0 Å². The van der Waals surface area contributed by atoms with E-state index < -0.39 is 6.23 Å². The molecule has 0 amide bonds. The van der Waals surface area contributed by atoms with Gasteiger partial charge in [0, 0.05) is 19.6 Å². The third kappa shape index (κ3) is 5.95. The van der Waals surface area contributed by atoms with Gasteiger partial charge in [-0.2, -0.15) is 0 Å². The van der Waals surface area contributed by atoms with Crippen molar-refractivity contribution in [3.05, 3.63) is 0 Å². The Morgan fingerprint density at radius 1 is 1.08 bits per heavy atom. The first-order valence-electron chi connectivity index (χ1n) is 4.40. The topological polar surface area (TPSA) is 67.2 Å². The summed E-state index contributed by atoms with van der Waals surface area (Å²) in [4.78, 5) is 3.49. The Kier molecular flexibility index (Phi) is 7.12. The van der Waals surface area contributed by atoms with Crippen molar-refractivity contribution in [2.45, 2.75) is 6.23 Å². The van der Waals surface area contributed by atoms with Crippen molar-refractivity contribution >= 4 is 0 Å². The molecule has 0 spiro atoms. The lowest BCUT2D eigenvalue weighted by Crippen LogP contribution is -2.44. The van der Waals surface area contributed by atoms with Crippen LogP contribution in [-0.4, -0.2) is 78.3 Å². The zero-order valence-electron chi connectivity index (χ0n) is 8.35. The average molecular weight is 192 g/mol. The predicted molar refractivity (Wildman–Crippen MR) is 50.3 cm³/mol. The minimum absolute atomic E-state index is 0.00944. The summed E-state index contributed by atoms with van der Waals surface area (Å²) >= 11 is 0.